The van der Waals surface area contributed by atoms with Gasteiger partial charge >= 0.3 is 0 Å². The topological polar surface area (TPSA) is 49.2 Å². The molecule has 104 valence electrons. The first-order valence-corrected chi connectivity index (χ1v) is 7.44. The van der Waals surface area contributed by atoms with Gasteiger partial charge in [0, 0.05) is 31.0 Å². The molecule has 1 aliphatic carbocycles. The normalized spacial score (nSPS) is 29.9. The molecule has 1 aromatic rings. The van der Waals surface area contributed by atoms with Gasteiger partial charge in [-0.25, -0.2) is 9.97 Å². The number of rotatable bonds is 2. The quantitative estimate of drug-likeness (QED) is 0.845. The molecular formula is C14H20ClN3O. The van der Waals surface area contributed by atoms with Crippen molar-refractivity contribution >= 4 is 17.4 Å². The molecule has 3 atom stereocenters. The first-order valence-electron chi connectivity index (χ1n) is 7.06. The summed E-state index contributed by atoms with van der Waals surface area (Å²) in [7, 11) is 0. The lowest BCUT2D eigenvalue weighted by molar-refractivity contribution is 0.133. The number of aliphatic hydroxyl groups excluding tert-OH is 1. The Labute approximate surface area is 118 Å². The van der Waals surface area contributed by atoms with Crippen LogP contribution in [0.3, 0.4) is 0 Å². The van der Waals surface area contributed by atoms with E-state index in [2.05, 4.69) is 14.9 Å². The fourth-order valence-electron chi connectivity index (χ4n) is 3.40. The summed E-state index contributed by atoms with van der Waals surface area (Å²) in [5.41, 5.74) is 0.952. The molecule has 1 saturated carbocycles. The summed E-state index contributed by atoms with van der Waals surface area (Å²) < 4.78 is 0. The number of fused-ring (bicyclic) bond motifs is 1. The van der Waals surface area contributed by atoms with Gasteiger partial charge < -0.3 is 10.0 Å². The van der Waals surface area contributed by atoms with E-state index in [0.29, 0.717) is 17.0 Å². The van der Waals surface area contributed by atoms with Crippen LogP contribution in [0.1, 0.15) is 31.2 Å². The van der Waals surface area contributed by atoms with E-state index >= 15 is 0 Å². The van der Waals surface area contributed by atoms with Crippen molar-refractivity contribution < 1.29 is 5.11 Å². The molecule has 0 spiro atoms. The van der Waals surface area contributed by atoms with Gasteiger partial charge in [0.25, 0.3) is 0 Å². The van der Waals surface area contributed by atoms with E-state index in [1.54, 1.807) is 0 Å². The van der Waals surface area contributed by atoms with Crippen molar-refractivity contribution in [3.8, 4) is 0 Å². The van der Waals surface area contributed by atoms with Gasteiger partial charge in [0.05, 0.1) is 6.10 Å². The number of aryl methyl sites for hydroxylation is 1. The van der Waals surface area contributed by atoms with Crippen molar-refractivity contribution in [1.29, 1.82) is 0 Å². The van der Waals surface area contributed by atoms with Crippen molar-refractivity contribution in [2.45, 2.75) is 39.2 Å². The highest BCUT2D eigenvalue weighted by molar-refractivity contribution is 6.30. The molecule has 3 unspecified atom stereocenters. The molecule has 2 heterocycles. The molecule has 5 heteroatoms. The zero-order valence-corrected chi connectivity index (χ0v) is 12.2. The highest BCUT2D eigenvalue weighted by Crippen LogP contribution is 2.40. The zero-order valence-electron chi connectivity index (χ0n) is 11.4. The molecular weight excluding hydrogens is 262 g/mol. The molecule has 1 saturated heterocycles. The van der Waals surface area contributed by atoms with Crippen LogP contribution >= 0.6 is 11.6 Å². The first-order chi connectivity index (χ1) is 9.10. The van der Waals surface area contributed by atoms with Crippen LogP contribution in [0, 0.1) is 18.8 Å². The van der Waals surface area contributed by atoms with Crippen LogP contribution in [-0.2, 0) is 6.42 Å². The van der Waals surface area contributed by atoms with E-state index in [9.17, 15) is 5.11 Å². The standard InChI is InChI=1S/C14H20ClN3O/c1-3-12-16-13(15)8(2)14(17-12)18-6-9-4-5-11(19)10(9)7-18/h9-11,19H,3-7H2,1-2H3. The van der Waals surface area contributed by atoms with Crippen molar-refractivity contribution in [3.63, 3.8) is 0 Å². The number of aromatic nitrogens is 2. The van der Waals surface area contributed by atoms with Crippen LogP contribution in [0.15, 0.2) is 0 Å². The molecule has 1 aromatic heterocycles. The molecule has 0 aromatic carbocycles. The van der Waals surface area contributed by atoms with Crippen molar-refractivity contribution in [2.75, 3.05) is 18.0 Å². The molecule has 4 nitrogen and oxygen atoms in total. The maximum absolute atomic E-state index is 10.0. The predicted molar refractivity (Wildman–Crippen MR) is 75.6 cm³/mol. The fourth-order valence-corrected chi connectivity index (χ4v) is 3.58. The average molecular weight is 282 g/mol. The Hall–Kier alpha value is -0.870. The number of hydrogen-bond donors (Lipinski definition) is 1. The second kappa shape index (κ2) is 4.91. The summed E-state index contributed by atoms with van der Waals surface area (Å²) in [6.07, 6.45) is 2.72. The third-order valence-electron chi connectivity index (χ3n) is 4.54. The Kier molecular flexibility index (Phi) is 3.39. The Morgan fingerprint density at radius 3 is 2.79 bits per heavy atom. The van der Waals surface area contributed by atoms with Gasteiger partial charge in [-0.3, -0.25) is 0 Å². The monoisotopic (exact) mass is 281 g/mol. The third-order valence-corrected chi connectivity index (χ3v) is 4.91. The summed E-state index contributed by atoms with van der Waals surface area (Å²) in [5, 5.41) is 10.6. The average Bonchev–Trinajstić information content (AvgIpc) is 2.95. The van der Waals surface area contributed by atoms with Gasteiger partial charge in [-0.1, -0.05) is 18.5 Å². The Bertz CT molecular complexity index is 494. The smallest absolute Gasteiger partial charge is 0.137 e. The summed E-state index contributed by atoms with van der Waals surface area (Å²) in [6.45, 7) is 5.89. The van der Waals surface area contributed by atoms with Crippen LogP contribution in [0.5, 0.6) is 0 Å². The number of aliphatic hydroxyl groups is 1. The van der Waals surface area contributed by atoms with E-state index in [-0.39, 0.29) is 6.10 Å². The highest BCUT2D eigenvalue weighted by atomic mass is 35.5. The molecule has 1 aliphatic heterocycles. The minimum atomic E-state index is -0.140. The first kappa shape index (κ1) is 13.1. The molecule has 0 bridgehead atoms. The van der Waals surface area contributed by atoms with Crippen molar-refractivity contribution in [2.24, 2.45) is 11.8 Å². The minimum Gasteiger partial charge on any atom is -0.393 e. The van der Waals surface area contributed by atoms with Crippen LogP contribution in [0.2, 0.25) is 5.15 Å². The second-order valence-electron chi connectivity index (χ2n) is 5.71. The molecule has 19 heavy (non-hydrogen) atoms. The van der Waals surface area contributed by atoms with Gasteiger partial charge in [0.1, 0.15) is 16.8 Å². The SMILES string of the molecule is CCc1nc(Cl)c(C)c(N2CC3CCC(O)C3C2)n1. The lowest BCUT2D eigenvalue weighted by Gasteiger charge is -2.22. The molecule has 0 amide bonds. The Morgan fingerprint density at radius 1 is 1.32 bits per heavy atom. The summed E-state index contributed by atoms with van der Waals surface area (Å²) in [4.78, 5) is 11.2. The Morgan fingerprint density at radius 2 is 2.11 bits per heavy atom. The second-order valence-corrected chi connectivity index (χ2v) is 6.06. The maximum atomic E-state index is 10.0. The third kappa shape index (κ3) is 2.21. The van der Waals surface area contributed by atoms with Crippen LogP contribution in [0.25, 0.3) is 0 Å². The molecule has 0 radical (unpaired) electrons. The maximum Gasteiger partial charge on any atom is 0.137 e. The molecule has 2 aliphatic rings. The number of halogens is 1. The number of nitrogens with zero attached hydrogens (tertiary/aromatic N) is 3. The van der Waals surface area contributed by atoms with Crippen molar-refractivity contribution in [1.82, 2.24) is 9.97 Å². The van der Waals surface area contributed by atoms with Gasteiger partial charge in [-0.2, -0.15) is 0 Å². The van der Waals surface area contributed by atoms with E-state index in [0.717, 1.165) is 49.6 Å². The Balaban J connectivity index is 1.89. The van der Waals surface area contributed by atoms with E-state index in [1.165, 1.54) is 0 Å². The largest absolute Gasteiger partial charge is 0.393 e. The number of anilines is 1. The van der Waals surface area contributed by atoms with Gasteiger partial charge in [0.2, 0.25) is 0 Å². The van der Waals surface area contributed by atoms with Gasteiger partial charge in [-0.15, -0.1) is 0 Å². The lowest BCUT2D eigenvalue weighted by Crippen LogP contribution is -2.26. The zero-order chi connectivity index (χ0) is 13.6. The summed E-state index contributed by atoms with van der Waals surface area (Å²) in [6, 6.07) is 0. The summed E-state index contributed by atoms with van der Waals surface area (Å²) in [5.74, 6) is 2.76. The van der Waals surface area contributed by atoms with E-state index < -0.39 is 0 Å². The fraction of sp³-hybridized carbons (Fsp3) is 0.714. The van der Waals surface area contributed by atoms with Crippen molar-refractivity contribution in [3.05, 3.63) is 16.5 Å². The van der Waals surface area contributed by atoms with Crippen LogP contribution in [-0.4, -0.2) is 34.3 Å². The highest BCUT2D eigenvalue weighted by Gasteiger charge is 2.42. The number of hydrogen-bond acceptors (Lipinski definition) is 4. The molecule has 1 N–H and O–H groups in total. The van der Waals surface area contributed by atoms with Gasteiger partial charge in [0.15, 0.2) is 0 Å². The van der Waals surface area contributed by atoms with Gasteiger partial charge in [-0.05, 0) is 25.7 Å². The summed E-state index contributed by atoms with van der Waals surface area (Å²) >= 11 is 6.20. The van der Waals surface area contributed by atoms with E-state index in [4.69, 9.17) is 11.6 Å². The molecule has 2 fully saturated rings. The van der Waals surface area contributed by atoms with Crippen LogP contribution < -0.4 is 4.90 Å². The minimum absolute atomic E-state index is 0.140. The molecule has 3 rings (SSSR count). The predicted octanol–water partition coefficient (Wildman–Crippen LogP) is 2.21. The van der Waals surface area contributed by atoms with E-state index in [1.807, 2.05) is 13.8 Å². The van der Waals surface area contributed by atoms with Crippen LogP contribution in [0.4, 0.5) is 5.82 Å². The lowest BCUT2D eigenvalue weighted by atomic mass is 10.00.